The first kappa shape index (κ1) is 20.9. The maximum atomic E-state index is 12.5. The lowest BCUT2D eigenvalue weighted by Crippen LogP contribution is -2.36. The number of amides is 1. The van der Waals surface area contributed by atoms with Crippen LogP contribution in [0.25, 0.3) is 0 Å². The predicted molar refractivity (Wildman–Crippen MR) is 105 cm³/mol. The van der Waals surface area contributed by atoms with Crippen LogP contribution in [0.4, 0.5) is 0 Å². The van der Waals surface area contributed by atoms with E-state index in [0.29, 0.717) is 12.8 Å². The Hall–Kier alpha value is -2.38. The summed E-state index contributed by atoms with van der Waals surface area (Å²) in [6.45, 7) is 2.38. The molecule has 0 unspecified atom stereocenters. The van der Waals surface area contributed by atoms with Gasteiger partial charge in [-0.1, -0.05) is 29.8 Å². The van der Waals surface area contributed by atoms with Crippen LogP contribution in [0.15, 0.2) is 53.4 Å². The molecule has 0 radical (unpaired) electrons. The van der Waals surface area contributed by atoms with Gasteiger partial charge in [0.2, 0.25) is 15.9 Å². The maximum Gasteiger partial charge on any atom is 0.242 e. The van der Waals surface area contributed by atoms with Crippen molar-refractivity contribution >= 4 is 15.9 Å². The molecule has 0 fully saturated rings. The zero-order valence-corrected chi connectivity index (χ0v) is 16.8. The van der Waals surface area contributed by atoms with Crippen LogP contribution < -0.4 is 10.1 Å². The van der Waals surface area contributed by atoms with Gasteiger partial charge in [0.1, 0.15) is 5.75 Å². The van der Waals surface area contributed by atoms with Gasteiger partial charge in [0, 0.05) is 26.6 Å². The van der Waals surface area contributed by atoms with Gasteiger partial charge >= 0.3 is 0 Å². The summed E-state index contributed by atoms with van der Waals surface area (Å²) < 4.78 is 31.4. The molecule has 1 N–H and O–H groups in total. The Morgan fingerprint density at radius 3 is 2.52 bits per heavy atom. The number of nitrogens with one attached hydrogen (secondary N) is 1. The van der Waals surface area contributed by atoms with E-state index in [1.54, 1.807) is 31.4 Å². The molecule has 0 saturated carbocycles. The molecule has 0 spiro atoms. The molecule has 2 aromatic rings. The van der Waals surface area contributed by atoms with Gasteiger partial charge < -0.3 is 10.1 Å². The van der Waals surface area contributed by atoms with E-state index in [2.05, 4.69) is 5.32 Å². The summed E-state index contributed by atoms with van der Waals surface area (Å²) in [5.74, 6) is 0.648. The van der Waals surface area contributed by atoms with Gasteiger partial charge in [-0.2, -0.15) is 4.31 Å². The Labute approximate surface area is 161 Å². The van der Waals surface area contributed by atoms with E-state index in [9.17, 15) is 13.2 Å². The molecule has 0 heterocycles. The van der Waals surface area contributed by atoms with Crippen molar-refractivity contribution in [1.82, 2.24) is 9.62 Å². The number of sulfonamides is 1. The number of benzene rings is 2. The lowest BCUT2D eigenvalue weighted by Gasteiger charge is -2.17. The van der Waals surface area contributed by atoms with Gasteiger partial charge in [0.15, 0.2) is 0 Å². The van der Waals surface area contributed by atoms with Gasteiger partial charge in [-0.05, 0) is 43.2 Å². The van der Waals surface area contributed by atoms with Crippen molar-refractivity contribution in [2.75, 3.05) is 27.2 Å². The predicted octanol–water partition coefficient (Wildman–Crippen LogP) is 2.37. The van der Waals surface area contributed by atoms with Crippen molar-refractivity contribution in [1.29, 1.82) is 0 Å². The molecular weight excluding hydrogens is 364 g/mol. The Kier molecular flexibility index (Phi) is 7.38. The Morgan fingerprint density at radius 2 is 1.85 bits per heavy atom. The molecule has 0 aliphatic rings. The summed E-state index contributed by atoms with van der Waals surface area (Å²) in [5.41, 5.74) is 2.02. The number of carbonyl (C=O) groups excluding carboxylic acids is 1. The fourth-order valence-corrected chi connectivity index (χ4v) is 3.71. The van der Waals surface area contributed by atoms with Crippen LogP contribution in [-0.4, -0.2) is 45.9 Å². The molecule has 7 heteroatoms. The summed E-state index contributed by atoms with van der Waals surface area (Å²) in [6.07, 6.45) is 0.933. The molecule has 6 nitrogen and oxygen atoms in total. The SMILES string of the molecule is COc1cccc(CCC(=O)NCCN(C)S(=O)(=O)c2ccc(C)cc2)c1. The fourth-order valence-electron chi connectivity index (χ4n) is 2.54. The highest BCUT2D eigenvalue weighted by Crippen LogP contribution is 2.15. The van der Waals surface area contributed by atoms with Crippen LogP contribution >= 0.6 is 0 Å². The van der Waals surface area contributed by atoms with Crippen LogP contribution in [0.2, 0.25) is 0 Å². The molecule has 0 aliphatic heterocycles. The third kappa shape index (κ3) is 6.08. The summed E-state index contributed by atoms with van der Waals surface area (Å²) in [4.78, 5) is 12.2. The zero-order chi connectivity index (χ0) is 19.9. The lowest BCUT2D eigenvalue weighted by molar-refractivity contribution is -0.121. The van der Waals surface area contributed by atoms with Crippen molar-refractivity contribution in [3.63, 3.8) is 0 Å². The normalized spacial score (nSPS) is 11.4. The number of aryl methyl sites for hydroxylation is 2. The first-order valence-electron chi connectivity index (χ1n) is 8.75. The monoisotopic (exact) mass is 390 g/mol. The molecule has 146 valence electrons. The van der Waals surface area contributed by atoms with Crippen LogP contribution in [0.1, 0.15) is 17.5 Å². The van der Waals surface area contributed by atoms with Gasteiger partial charge in [0.05, 0.1) is 12.0 Å². The second-order valence-corrected chi connectivity index (χ2v) is 8.39. The minimum Gasteiger partial charge on any atom is -0.497 e. The molecule has 0 bridgehead atoms. The van der Waals surface area contributed by atoms with E-state index in [-0.39, 0.29) is 23.9 Å². The first-order valence-corrected chi connectivity index (χ1v) is 10.2. The van der Waals surface area contributed by atoms with Gasteiger partial charge in [0.25, 0.3) is 0 Å². The van der Waals surface area contributed by atoms with E-state index in [1.165, 1.54) is 11.4 Å². The zero-order valence-electron chi connectivity index (χ0n) is 15.9. The van der Waals surface area contributed by atoms with Crippen molar-refractivity contribution in [3.8, 4) is 5.75 Å². The highest BCUT2D eigenvalue weighted by molar-refractivity contribution is 7.89. The van der Waals surface area contributed by atoms with Gasteiger partial charge in [-0.15, -0.1) is 0 Å². The van der Waals surface area contributed by atoms with Crippen LogP contribution in [0.3, 0.4) is 0 Å². The average Bonchev–Trinajstić information content (AvgIpc) is 2.66. The molecule has 27 heavy (non-hydrogen) atoms. The van der Waals surface area contributed by atoms with Crippen LogP contribution in [-0.2, 0) is 21.2 Å². The fraction of sp³-hybridized carbons (Fsp3) is 0.350. The number of rotatable bonds is 9. The molecule has 2 aromatic carbocycles. The number of hydrogen-bond acceptors (Lipinski definition) is 4. The highest BCUT2D eigenvalue weighted by atomic mass is 32.2. The number of likely N-dealkylation sites (N-methyl/N-ethyl adjacent to an activating group) is 1. The van der Waals surface area contributed by atoms with E-state index in [0.717, 1.165) is 16.9 Å². The molecule has 0 atom stereocenters. The maximum absolute atomic E-state index is 12.5. The molecule has 0 saturated heterocycles. The topological polar surface area (TPSA) is 75.7 Å². The summed E-state index contributed by atoms with van der Waals surface area (Å²) in [6, 6.07) is 14.3. The summed E-state index contributed by atoms with van der Waals surface area (Å²) in [5, 5.41) is 2.77. The minimum atomic E-state index is -3.55. The van der Waals surface area contributed by atoms with E-state index >= 15 is 0 Å². The molecule has 2 rings (SSSR count). The van der Waals surface area contributed by atoms with Crippen molar-refractivity contribution < 1.29 is 17.9 Å². The third-order valence-electron chi connectivity index (χ3n) is 4.25. The molecule has 0 aliphatic carbocycles. The summed E-state index contributed by atoms with van der Waals surface area (Å²) >= 11 is 0. The highest BCUT2D eigenvalue weighted by Gasteiger charge is 2.20. The second-order valence-electron chi connectivity index (χ2n) is 6.34. The third-order valence-corrected chi connectivity index (χ3v) is 6.12. The first-order chi connectivity index (χ1) is 12.8. The Morgan fingerprint density at radius 1 is 1.15 bits per heavy atom. The standard InChI is InChI=1S/C20H26N2O4S/c1-16-7-10-19(11-8-16)27(24,25)22(2)14-13-21-20(23)12-9-17-5-4-6-18(15-17)26-3/h4-8,10-11,15H,9,12-14H2,1-3H3,(H,21,23). The van der Waals surface area contributed by atoms with Crippen molar-refractivity contribution in [2.24, 2.45) is 0 Å². The minimum absolute atomic E-state index is 0.112. The van der Waals surface area contributed by atoms with E-state index in [4.69, 9.17) is 4.74 Å². The largest absolute Gasteiger partial charge is 0.497 e. The number of carbonyl (C=O) groups is 1. The van der Waals surface area contributed by atoms with Gasteiger partial charge in [-0.25, -0.2) is 8.42 Å². The van der Waals surface area contributed by atoms with E-state index in [1.807, 2.05) is 31.2 Å². The number of hydrogen-bond donors (Lipinski definition) is 1. The quantitative estimate of drug-likeness (QED) is 0.713. The van der Waals surface area contributed by atoms with Crippen molar-refractivity contribution in [2.45, 2.75) is 24.7 Å². The average molecular weight is 391 g/mol. The van der Waals surface area contributed by atoms with Crippen molar-refractivity contribution in [3.05, 3.63) is 59.7 Å². The smallest absolute Gasteiger partial charge is 0.242 e. The molecule has 0 aromatic heterocycles. The van der Waals surface area contributed by atoms with Crippen LogP contribution in [0, 0.1) is 6.92 Å². The Bertz CT molecular complexity index is 864. The van der Waals surface area contributed by atoms with E-state index < -0.39 is 10.0 Å². The second kappa shape index (κ2) is 9.53. The number of ether oxygens (including phenoxy) is 1. The molecule has 1 amide bonds. The van der Waals surface area contributed by atoms with Gasteiger partial charge in [-0.3, -0.25) is 4.79 Å². The van der Waals surface area contributed by atoms with Crippen LogP contribution in [0.5, 0.6) is 5.75 Å². The lowest BCUT2D eigenvalue weighted by atomic mass is 10.1. The summed E-state index contributed by atoms with van der Waals surface area (Å²) in [7, 11) is -0.433. The number of methoxy groups -OCH3 is 1. The Balaban J connectivity index is 1.79. The molecular formula is C20H26N2O4S. The number of nitrogens with zero attached hydrogens (tertiary/aromatic N) is 1.